The van der Waals surface area contributed by atoms with Gasteiger partial charge in [0.2, 0.25) is 5.91 Å². The summed E-state index contributed by atoms with van der Waals surface area (Å²) in [5, 5.41) is 8.15. The third-order valence-corrected chi connectivity index (χ3v) is 4.84. The van der Waals surface area contributed by atoms with Gasteiger partial charge in [0.25, 0.3) is 5.91 Å². The zero-order valence-corrected chi connectivity index (χ0v) is 16.9. The van der Waals surface area contributed by atoms with Crippen molar-refractivity contribution in [2.24, 2.45) is 11.0 Å². The van der Waals surface area contributed by atoms with Crippen LogP contribution in [0.15, 0.2) is 76.4 Å². The average Bonchev–Trinajstić information content (AvgIpc) is 3.41. The van der Waals surface area contributed by atoms with Gasteiger partial charge in [-0.15, -0.1) is 0 Å². The Hall–Kier alpha value is -4.20. The Morgan fingerprint density at radius 1 is 1.10 bits per heavy atom. The number of furan rings is 1. The van der Waals surface area contributed by atoms with Crippen LogP contribution < -0.4 is 10.3 Å². The van der Waals surface area contributed by atoms with Crippen molar-refractivity contribution in [2.75, 3.05) is 17.4 Å². The molecule has 2 aromatic carbocycles. The molecule has 31 heavy (non-hydrogen) atoms. The van der Waals surface area contributed by atoms with Crippen molar-refractivity contribution in [3.63, 3.8) is 0 Å². The van der Waals surface area contributed by atoms with Gasteiger partial charge in [-0.05, 0) is 49.4 Å². The number of benzene rings is 2. The third kappa shape index (κ3) is 3.95. The summed E-state index contributed by atoms with van der Waals surface area (Å²) in [6, 6.07) is 17.1. The molecule has 4 rings (SSSR count). The van der Waals surface area contributed by atoms with Crippen molar-refractivity contribution >= 4 is 34.9 Å². The molecule has 1 aromatic heterocycles. The van der Waals surface area contributed by atoms with Crippen LogP contribution in [0.4, 0.5) is 11.4 Å². The smallest absolute Gasteiger partial charge is 0.337 e. The fourth-order valence-corrected chi connectivity index (χ4v) is 3.34. The number of ether oxygens (including phenoxy) is 1. The van der Waals surface area contributed by atoms with Crippen LogP contribution in [-0.4, -0.2) is 30.6 Å². The number of nitrogens with zero attached hydrogens (tertiary/aromatic N) is 2. The summed E-state index contributed by atoms with van der Waals surface area (Å²) in [5.41, 5.74) is 2.34. The Morgan fingerprint density at radius 2 is 1.90 bits per heavy atom. The van der Waals surface area contributed by atoms with Gasteiger partial charge in [0, 0.05) is 11.3 Å². The molecule has 0 aliphatic carbocycles. The summed E-state index contributed by atoms with van der Waals surface area (Å²) < 4.78 is 10.1. The van der Waals surface area contributed by atoms with Gasteiger partial charge in [-0.25, -0.2) is 4.79 Å². The molecule has 3 aromatic rings. The predicted octanol–water partition coefficient (Wildman–Crippen LogP) is 3.71. The number of carbonyl (C=O) groups is 3. The maximum Gasteiger partial charge on any atom is 0.337 e. The highest BCUT2D eigenvalue weighted by atomic mass is 16.5. The number of nitrogens with one attached hydrogen (secondary N) is 1. The van der Waals surface area contributed by atoms with Gasteiger partial charge in [-0.2, -0.15) is 10.1 Å². The van der Waals surface area contributed by atoms with E-state index in [1.165, 1.54) is 13.2 Å². The maximum atomic E-state index is 13.0. The molecule has 8 nitrogen and oxygen atoms in total. The summed E-state index contributed by atoms with van der Waals surface area (Å²) >= 11 is 0. The molecule has 1 aliphatic heterocycles. The highest BCUT2D eigenvalue weighted by molar-refractivity contribution is 6.28. The standard InChI is InChI=1S/C23H19N3O5/c1-14-20(21(27)24-17-8-3-6-15(12-17)19-10-5-11-31-19)22(28)26(25-14)18-9-4-7-16(13-18)23(29)30-2/h3-13,20H,1-2H3,(H,24,27). The number of esters is 1. The predicted molar refractivity (Wildman–Crippen MR) is 115 cm³/mol. The van der Waals surface area contributed by atoms with E-state index in [0.29, 0.717) is 22.8 Å². The molecule has 2 amide bonds. The Kier molecular flexibility index (Phi) is 5.36. The molecule has 0 saturated carbocycles. The summed E-state index contributed by atoms with van der Waals surface area (Å²) in [6.07, 6.45) is 1.57. The number of amides is 2. The first kappa shape index (κ1) is 20.1. The molecular weight excluding hydrogens is 398 g/mol. The van der Waals surface area contributed by atoms with Crippen LogP contribution >= 0.6 is 0 Å². The number of carbonyl (C=O) groups excluding carboxylic acids is 3. The van der Waals surface area contributed by atoms with E-state index in [4.69, 9.17) is 9.15 Å². The van der Waals surface area contributed by atoms with E-state index in [-0.39, 0.29) is 5.56 Å². The number of anilines is 2. The molecule has 8 heteroatoms. The topological polar surface area (TPSA) is 101 Å². The Bertz CT molecular complexity index is 1180. The molecule has 0 spiro atoms. The lowest BCUT2D eigenvalue weighted by Gasteiger charge is -2.15. The zero-order valence-electron chi connectivity index (χ0n) is 16.9. The number of hydrogen-bond acceptors (Lipinski definition) is 6. The van der Waals surface area contributed by atoms with Gasteiger partial charge in [0.1, 0.15) is 5.76 Å². The van der Waals surface area contributed by atoms with Gasteiger partial charge in [-0.1, -0.05) is 18.2 Å². The van der Waals surface area contributed by atoms with Crippen LogP contribution in [0.3, 0.4) is 0 Å². The zero-order chi connectivity index (χ0) is 22.0. The second kappa shape index (κ2) is 8.27. The molecule has 1 aliphatic rings. The Labute approximate surface area is 178 Å². The minimum Gasteiger partial charge on any atom is -0.465 e. The molecule has 156 valence electrons. The van der Waals surface area contributed by atoms with Crippen LogP contribution in [0.5, 0.6) is 0 Å². The maximum absolute atomic E-state index is 13.0. The van der Waals surface area contributed by atoms with Gasteiger partial charge < -0.3 is 14.5 Å². The minimum absolute atomic E-state index is 0.281. The average molecular weight is 417 g/mol. The first-order chi connectivity index (χ1) is 15.0. The fourth-order valence-electron chi connectivity index (χ4n) is 3.34. The van der Waals surface area contributed by atoms with Crippen molar-refractivity contribution in [3.8, 4) is 11.3 Å². The number of methoxy groups -OCH3 is 1. The molecule has 0 saturated heterocycles. The van der Waals surface area contributed by atoms with E-state index in [0.717, 1.165) is 10.6 Å². The van der Waals surface area contributed by atoms with Crippen molar-refractivity contribution in [3.05, 3.63) is 72.5 Å². The Balaban J connectivity index is 1.53. The monoisotopic (exact) mass is 417 g/mol. The van der Waals surface area contributed by atoms with Crippen LogP contribution in [0, 0.1) is 5.92 Å². The largest absolute Gasteiger partial charge is 0.465 e. The molecule has 1 N–H and O–H groups in total. The molecule has 0 bridgehead atoms. The first-order valence-electron chi connectivity index (χ1n) is 9.50. The lowest BCUT2D eigenvalue weighted by molar-refractivity contribution is -0.127. The van der Waals surface area contributed by atoms with E-state index < -0.39 is 23.7 Å². The van der Waals surface area contributed by atoms with E-state index in [1.54, 1.807) is 55.7 Å². The molecule has 1 unspecified atom stereocenters. The summed E-state index contributed by atoms with van der Waals surface area (Å²) in [6.45, 7) is 1.62. The van der Waals surface area contributed by atoms with E-state index in [9.17, 15) is 14.4 Å². The van der Waals surface area contributed by atoms with Crippen molar-refractivity contribution in [1.29, 1.82) is 0 Å². The van der Waals surface area contributed by atoms with Crippen LogP contribution in [0.2, 0.25) is 0 Å². The fraction of sp³-hybridized carbons (Fsp3) is 0.130. The lowest BCUT2D eigenvalue weighted by atomic mass is 10.0. The first-order valence-corrected chi connectivity index (χ1v) is 9.50. The number of hydrogen-bond donors (Lipinski definition) is 1. The number of hydrazone groups is 1. The Morgan fingerprint density at radius 3 is 2.65 bits per heavy atom. The third-order valence-electron chi connectivity index (χ3n) is 4.84. The normalized spacial score (nSPS) is 15.5. The van der Waals surface area contributed by atoms with Gasteiger partial charge >= 0.3 is 5.97 Å². The van der Waals surface area contributed by atoms with Crippen molar-refractivity contribution < 1.29 is 23.5 Å². The minimum atomic E-state index is -1.07. The van der Waals surface area contributed by atoms with E-state index in [1.807, 2.05) is 12.1 Å². The van der Waals surface area contributed by atoms with Crippen molar-refractivity contribution in [1.82, 2.24) is 0 Å². The quantitative estimate of drug-likeness (QED) is 0.504. The second-order valence-electron chi connectivity index (χ2n) is 6.91. The molecular formula is C23H19N3O5. The van der Waals surface area contributed by atoms with Crippen LogP contribution in [0.25, 0.3) is 11.3 Å². The van der Waals surface area contributed by atoms with Gasteiger partial charge in [0.05, 0.1) is 30.3 Å². The summed E-state index contributed by atoms with van der Waals surface area (Å²) in [7, 11) is 1.28. The highest BCUT2D eigenvalue weighted by Gasteiger charge is 2.40. The lowest BCUT2D eigenvalue weighted by Crippen LogP contribution is -2.36. The van der Waals surface area contributed by atoms with Gasteiger partial charge in [0.15, 0.2) is 5.92 Å². The second-order valence-corrected chi connectivity index (χ2v) is 6.91. The van der Waals surface area contributed by atoms with E-state index in [2.05, 4.69) is 10.4 Å². The SMILES string of the molecule is COC(=O)c1cccc(N2N=C(C)C(C(=O)Nc3cccc(-c4ccco4)c3)C2=O)c1. The van der Waals surface area contributed by atoms with Crippen LogP contribution in [0.1, 0.15) is 17.3 Å². The van der Waals surface area contributed by atoms with Crippen molar-refractivity contribution in [2.45, 2.75) is 6.92 Å². The van der Waals surface area contributed by atoms with Crippen LogP contribution in [-0.2, 0) is 14.3 Å². The number of rotatable bonds is 5. The molecule has 2 heterocycles. The molecule has 0 radical (unpaired) electrons. The summed E-state index contributed by atoms with van der Waals surface area (Å²) in [4.78, 5) is 37.6. The van der Waals surface area contributed by atoms with Gasteiger partial charge in [-0.3, -0.25) is 9.59 Å². The molecule has 0 fully saturated rings. The molecule has 1 atom stereocenters. The summed E-state index contributed by atoms with van der Waals surface area (Å²) in [5.74, 6) is -1.93. The highest BCUT2D eigenvalue weighted by Crippen LogP contribution is 2.27. The van der Waals surface area contributed by atoms with E-state index >= 15 is 0 Å².